The Morgan fingerprint density at radius 3 is 2.80 bits per heavy atom. The minimum absolute atomic E-state index is 0.437. The number of aromatic nitrogens is 1. The number of carbonyl (C=O) groups excluding carboxylic acids is 2. The largest absolute Gasteiger partial charge is 0.352 e. The molecule has 3 rings (SSSR count). The van der Waals surface area contributed by atoms with Gasteiger partial charge in [0.1, 0.15) is 6.04 Å². The quantitative estimate of drug-likeness (QED) is 0.752. The number of nitrogens with zero attached hydrogens (tertiary/aromatic N) is 2. The van der Waals surface area contributed by atoms with E-state index in [1.165, 1.54) is 22.1 Å². The molecule has 7 heteroatoms. The summed E-state index contributed by atoms with van der Waals surface area (Å²) in [5.74, 6) is -0.437. The lowest BCUT2D eigenvalue weighted by Crippen LogP contribution is -2.41. The first-order valence-electron chi connectivity index (χ1n) is 7.79. The smallest absolute Gasteiger partial charge is 0.312 e. The van der Waals surface area contributed by atoms with E-state index in [2.05, 4.69) is 34.6 Å². The normalized spacial score (nSPS) is 12.9. The van der Waals surface area contributed by atoms with Crippen molar-refractivity contribution in [3.05, 3.63) is 64.4 Å². The van der Waals surface area contributed by atoms with Gasteiger partial charge in [0.2, 0.25) is 0 Å². The van der Waals surface area contributed by atoms with E-state index in [4.69, 9.17) is 5.73 Å². The van der Waals surface area contributed by atoms with Crippen LogP contribution < -0.4 is 15.9 Å². The number of hydrogen-bond acceptors (Lipinski definition) is 3. The summed E-state index contributed by atoms with van der Waals surface area (Å²) in [6.07, 6.45) is 1.89. The van der Waals surface area contributed by atoms with E-state index in [1.807, 2.05) is 34.3 Å². The fourth-order valence-corrected chi connectivity index (χ4v) is 3.32. The maximum absolute atomic E-state index is 12.1. The number of amides is 3. The highest BCUT2D eigenvalue weighted by molar-refractivity contribution is 7.07. The van der Waals surface area contributed by atoms with E-state index >= 15 is 0 Å². The van der Waals surface area contributed by atoms with Crippen molar-refractivity contribution in [2.45, 2.75) is 19.5 Å². The lowest BCUT2D eigenvalue weighted by molar-refractivity contribution is -0.119. The van der Waals surface area contributed by atoms with Crippen LogP contribution in [0.1, 0.15) is 12.5 Å². The van der Waals surface area contributed by atoms with Crippen molar-refractivity contribution in [1.29, 1.82) is 0 Å². The van der Waals surface area contributed by atoms with E-state index in [1.54, 1.807) is 6.92 Å². The average Bonchev–Trinajstić information content (AvgIpc) is 3.01. The van der Waals surface area contributed by atoms with Crippen molar-refractivity contribution in [3.63, 3.8) is 0 Å². The van der Waals surface area contributed by atoms with Gasteiger partial charge >= 0.3 is 6.03 Å². The van der Waals surface area contributed by atoms with Crippen molar-refractivity contribution < 1.29 is 9.59 Å². The fourth-order valence-electron chi connectivity index (χ4n) is 2.59. The van der Waals surface area contributed by atoms with E-state index in [-0.39, 0.29) is 0 Å². The molecule has 0 aliphatic rings. The molecular weight excluding hydrogens is 336 g/mol. The summed E-state index contributed by atoms with van der Waals surface area (Å²) in [7, 11) is 0. The van der Waals surface area contributed by atoms with Gasteiger partial charge in [-0.2, -0.15) is 4.99 Å². The number of hydrogen-bond donors (Lipinski definition) is 2. The van der Waals surface area contributed by atoms with Crippen LogP contribution in [-0.2, 0) is 11.3 Å². The minimum Gasteiger partial charge on any atom is -0.352 e. The van der Waals surface area contributed by atoms with Crippen molar-refractivity contribution in [2.24, 2.45) is 10.7 Å². The van der Waals surface area contributed by atoms with E-state index in [0.29, 0.717) is 11.3 Å². The molecular formula is C18H18N4O2S. The van der Waals surface area contributed by atoms with Gasteiger partial charge in [0.25, 0.3) is 5.91 Å². The van der Waals surface area contributed by atoms with Gasteiger partial charge in [-0.05, 0) is 23.3 Å². The van der Waals surface area contributed by atoms with Crippen LogP contribution in [0.2, 0.25) is 0 Å². The number of urea groups is 1. The highest BCUT2D eigenvalue weighted by Gasteiger charge is 2.13. The molecule has 0 saturated heterocycles. The van der Waals surface area contributed by atoms with Gasteiger partial charge in [-0.3, -0.25) is 4.79 Å². The van der Waals surface area contributed by atoms with Gasteiger partial charge in [-0.1, -0.05) is 42.5 Å². The molecule has 1 atom stereocenters. The molecule has 2 aromatic carbocycles. The maximum Gasteiger partial charge on any atom is 0.312 e. The van der Waals surface area contributed by atoms with Crippen molar-refractivity contribution >= 4 is 34.0 Å². The molecule has 6 nitrogen and oxygen atoms in total. The zero-order chi connectivity index (χ0) is 17.8. The Morgan fingerprint density at radius 1 is 1.24 bits per heavy atom. The minimum atomic E-state index is -0.759. The van der Waals surface area contributed by atoms with E-state index in [0.717, 1.165) is 5.56 Å². The van der Waals surface area contributed by atoms with Crippen LogP contribution in [0.3, 0.4) is 0 Å². The van der Waals surface area contributed by atoms with Crippen LogP contribution in [0.25, 0.3) is 10.8 Å². The maximum atomic E-state index is 12.1. The average molecular weight is 354 g/mol. The number of nitrogens with two attached hydrogens (primary N) is 1. The number of thiazole rings is 1. The molecule has 0 saturated carbocycles. The SMILES string of the molecule is CC(NC(N)=O)C(=O)N=c1sccn1Cc1cccc2ccccc12. The Labute approximate surface area is 148 Å². The molecule has 3 aromatic rings. The predicted molar refractivity (Wildman–Crippen MR) is 98.1 cm³/mol. The predicted octanol–water partition coefficient (Wildman–Crippen LogP) is 2.24. The third-order valence-electron chi connectivity index (χ3n) is 3.82. The number of primary amides is 1. The van der Waals surface area contributed by atoms with Gasteiger partial charge in [-0.25, -0.2) is 4.79 Å². The molecule has 1 aromatic heterocycles. The van der Waals surface area contributed by atoms with Crippen molar-refractivity contribution in [3.8, 4) is 0 Å². The Morgan fingerprint density at radius 2 is 2.00 bits per heavy atom. The zero-order valence-corrected chi connectivity index (χ0v) is 14.5. The number of fused-ring (bicyclic) bond motifs is 1. The topological polar surface area (TPSA) is 89.5 Å². The van der Waals surface area contributed by atoms with Crippen LogP contribution in [0.5, 0.6) is 0 Å². The first-order valence-corrected chi connectivity index (χ1v) is 8.67. The summed E-state index contributed by atoms with van der Waals surface area (Å²) in [5, 5.41) is 6.56. The fraction of sp³-hybridized carbons (Fsp3) is 0.167. The van der Waals surface area contributed by atoms with Crippen LogP contribution in [0, 0.1) is 0 Å². The van der Waals surface area contributed by atoms with Gasteiger partial charge in [-0.15, -0.1) is 11.3 Å². The van der Waals surface area contributed by atoms with E-state index < -0.39 is 18.0 Å². The monoisotopic (exact) mass is 354 g/mol. The summed E-state index contributed by atoms with van der Waals surface area (Å²) in [4.78, 5) is 27.7. The molecule has 0 bridgehead atoms. The van der Waals surface area contributed by atoms with Crippen LogP contribution in [0.4, 0.5) is 4.79 Å². The van der Waals surface area contributed by atoms with Crippen LogP contribution >= 0.6 is 11.3 Å². The standard InChI is InChI=1S/C18H18N4O2S/c1-12(20-17(19)24)16(23)21-18-22(9-10-25-18)11-14-7-4-6-13-5-2-3-8-15(13)14/h2-10,12H,11H2,1H3,(H3,19,20,24). The number of carbonyl (C=O) groups is 2. The molecule has 3 amide bonds. The second kappa shape index (κ2) is 7.31. The number of nitrogens with one attached hydrogen (secondary N) is 1. The highest BCUT2D eigenvalue weighted by atomic mass is 32.1. The van der Waals surface area contributed by atoms with Crippen LogP contribution in [-0.4, -0.2) is 22.5 Å². The summed E-state index contributed by atoms with van der Waals surface area (Å²) < 4.78 is 1.92. The molecule has 0 aliphatic heterocycles. The molecule has 128 valence electrons. The third kappa shape index (κ3) is 3.95. The first-order chi connectivity index (χ1) is 12.0. The lowest BCUT2D eigenvalue weighted by atomic mass is 10.0. The first kappa shape index (κ1) is 16.9. The Hall–Kier alpha value is -2.93. The molecule has 25 heavy (non-hydrogen) atoms. The summed E-state index contributed by atoms with van der Waals surface area (Å²) >= 11 is 1.37. The molecule has 1 unspecified atom stereocenters. The number of benzene rings is 2. The third-order valence-corrected chi connectivity index (χ3v) is 4.61. The summed E-state index contributed by atoms with van der Waals surface area (Å²) in [6.45, 7) is 2.16. The Balaban J connectivity index is 1.90. The van der Waals surface area contributed by atoms with Gasteiger partial charge in [0.05, 0.1) is 6.54 Å². The Kier molecular flexibility index (Phi) is 4.95. The zero-order valence-electron chi connectivity index (χ0n) is 13.7. The van der Waals surface area contributed by atoms with Crippen LogP contribution in [0.15, 0.2) is 59.0 Å². The molecule has 0 aliphatic carbocycles. The lowest BCUT2D eigenvalue weighted by Gasteiger charge is -2.09. The molecule has 0 fully saturated rings. The summed E-state index contributed by atoms with van der Waals surface area (Å²) in [5.41, 5.74) is 6.19. The Bertz CT molecular complexity index is 984. The molecule has 0 spiro atoms. The molecule has 0 radical (unpaired) electrons. The van der Waals surface area contributed by atoms with Crippen molar-refractivity contribution in [2.75, 3.05) is 0 Å². The molecule has 1 heterocycles. The summed E-state index contributed by atoms with van der Waals surface area (Å²) in [6, 6.07) is 12.8. The number of rotatable bonds is 4. The molecule has 3 N–H and O–H groups in total. The van der Waals surface area contributed by atoms with Gasteiger partial charge < -0.3 is 15.6 Å². The van der Waals surface area contributed by atoms with Gasteiger partial charge in [0.15, 0.2) is 4.80 Å². The second-order valence-corrected chi connectivity index (χ2v) is 6.51. The van der Waals surface area contributed by atoms with Gasteiger partial charge in [0, 0.05) is 11.6 Å². The second-order valence-electron chi connectivity index (χ2n) is 5.63. The van der Waals surface area contributed by atoms with Crippen molar-refractivity contribution in [1.82, 2.24) is 9.88 Å². The highest BCUT2D eigenvalue weighted by Crippen LogP contribution is 2.19. The van der Waals surface area contributed by atoms with E-state index in [9.17, 15) is 9.59 Å².